The van der Waals surface area contributed by atoms with E-state index in [1.165, 1.54) is 6.07 Å². The van der Waals surface area contributed by atoms with Crippen molar-refractivity contribution in [3.8, 4) is 0 Å². The monoisotopic (exact) mass is 423 g/mol. The molecule has 2 amide bonds. The highest BCUT2D eigenvalue weighted by Gasteiger charge is 2.32. The Morgan fingerprint density at radius 2 is 1.81 bits per heavy atom. The van der Waals surface area contributed by atoms with Crippen LogP contribution in [0.3, 0.4) is 0 Å². The molecule has 0 radical (unpaired) electrons. The first-order chi connectivity index (χ1) is 15.0. The number of aliphatic carboxylic acids is 1. The van der Waals surface area contributed by atoms with Gasteiger partial charge in [0, 0.05) is 36.1 Å². The molecule has 3 aromatic rings. The van der Waals surface area contributed by atoms with E-state index >= 15 is 0 Å². The number of nitrogens with one attached hydrogen (secondary N) is 2. The summed E-state index contributed by atoms with van der Waals surface area (Å²) in [4.78, 5) is 29.6. The van der Waals surface area contributed by atoms with Crippen LogP contribution in [-0.4, -0.2) is 46.1 Å². The van der Waals surface area contributed by atoms with Gasteiger partial charge in [-0.05, 0) is 42.0 Å². The third kappa shape index (κ3) is 4.26. The largest absolute Gasteiger partial charge is 0.480 e. The second-order valence-electron chi connectivity index (χ2n) is 8.13. The van der Waals surface area contributed by atoms with Gasteiger partial charge in [-0.15, -0.1) is 0 Å². The summed E-state index contributed by atoms with van der Waals surface area (Å²) in [7, 11) is 0. The van der Waals surface area contributed by atoms with Gasteiger partial charge in [-0.3, -0.25) is 0 Å². The molecular weight excluding hydrogens is 397 g/mol. The van der Waals surface area contributed by atoms with E-state index in [1.54, 1.807) is 30.2 Å². The van der Waals surface area contributed by atoms with E-state index in [-0.39, 0.29) is 11.7 Å². The number of amides is 2. The molecule has 31 heavy (non-hydrogen) atoms. The fourth-order valence-electron chi connectivity index (χ4n) is 4.47. The standard InChI is InChI=1S/C24H26FN3O3/c1-15(19-14-26-21-9-5-3-7-18(19)21)22(23(29)30)27-24(31)28-12-10-16(11-13-28)17-6-2-4-8-20(17)25/h2-9,14-16,22,26H,10-13H2,1H3,(H,27,31)(H,29,30)/t15-,22+/m0/s1. The van der Waals surface area contributed by atoms with Crippen molar-refractivity contribution in [3.63, 3.8) is 0 Å². The second-order valence-corrected chi connectivity index (χ2v) is 8.13. The summed E-state index contributed by atoms with van der Waals surface area (Å²) in [5, 5.41) is 13.4. The minimum atomic E-state index is -1.08. The van der Waals surface area contributed by atoms with Crippen LogP contribution in [0.4, 0.5) is 9.18 Å². The molecule has 7 heteroatoms. The number of likely N-dealkylation sites (tertiary alicyclic amines) is 1. The number of hydrogen-bond donors (Lipinski definition) is 3. The van der Waals surface area contributed by atoms with Crippen LogP contribution in [0.1, 0.15) is 42.7 Å². The Labute approximate surface area is 180 Å². The Kier molecular flexibility index (Phi) is 5.93. The molecule has 1 fully saturated rings. The third-order valence-corrected chi connectivity index (χ3v) is 6.28. The average Bonchev–Trinajstić information content (AvgIpc) is 3.21. The number of aromatic amines is 1. The number of carboxylic acid groups (broad SMARTS) is 1. The van der Waals surface area contributed by atoms with E-state index in [1.807, 2.05) is 30.3 Å². The highest BCUT2D eigenvalue weighted by Crippen LogP contribution is 2.31. The van der Waals surface area contributed by atoms with Crippen molar-refractivity contribution in [2.75, 3.05) is 13.1 Å². The van der Waals surface area contributed by atoms with Crippen LogP contribution >= 0.6 is 0 Å². The molecule has 6 nitrogen and oxygen atoms in total. The van der Waals surface area contributed by atoms with E-state index in [2.05, 4.69) is 10.3 Å². The maximum absolute atomic E-state index is 14.1. The predicted octanol–water partition coefficient (Wildman–Crippen LogP) is 4.45. The smallest absolute Gasteiger partial charge is 0.326 e. The number of H-pyrrole nitrogens is 1. The molecule has 2 heterocycles. The van der Waals surface area contributed by atoms with Crippen molar-refractivity contribution in [2.24, 2.45) is 0 Å². The number of aromatic nitrogens is 1. The summed E-state index contributed by atoms with van der Waals surface area (Å²) in [6.07, 6.45) is 3.09. The van der Waals surface area contributed by atoms with Crippen LogP contribution in [-0.2, 0) is 4.79 Å². The molecule has 1 aliphatic rings. The molecule has 3 N–H and O–H groups in total. The number of para-hydroxylation sites is 1. The zero-order valence-electron chi connectivity index (χ0n) is 17.3. The number of carbonyl (C=O) groups excluding carboxylic acids is 1. The lowest BCUT2D eigenvalue weighted by atomic mass is 9.89. The number of hydrogen-bond acceptors (Lipinski definition) is 2. The van der Waals surface area contributed by atoms with Crippen LogP contribution in [0.25, 0.3) is 10.9 Å². The first-order valence-electron chi connectivity index (χ1n) is 10.5. The average molecular weight is 423 g/mol. The van der Waals surface area contributed by atoms with Crippen molar-refractivity contribution in [3.05, 3.63) is 71.7 Å². The topological polar surface area (TPSA) is 85.4 Å². The van der Waals surface area contributed by atoms with E-state index in [9.17, 15) is 19.1 Å². The minimum absolute atomic E-state index is 0.0608. The summed E-state index contributed by atoms with van der Waals surface area (Å²) in [6, 6.07) is 13.0. The molecule has 162 valence electrons. The van der Waals surface area contributed by atoms with Crippen LogP contribution in [0.2, 0.25) is 0 Å². The van der Waals surface area contributed by atoms with Crippen molar-refractivity contribution in [1.82, 2.24) is 15.2 Å². The number of fused-ring (bicyclic) bond motifs is 1. The fraction of sp³-hybridized carbons (Fsp3) is 0.333. The third-order valence-electron chi connectivity index (χ3n) is 6.28. The number of carboxylic acids is 1. The van der Waals surface area contributed by atoms with Gasteiger partial charge in [-0.2, -0.15) is 0 Å². The van der Waals surface area contributed by atoms with Crippen molar-refractivity contribution >= 4 is 22.9 Å². The molecule has 0 bridgehead atoms. The summed E-state index contributed by atoms with van der Waals surface area (Å²) < 4.78 is 14.1. The summed E-state index contributed by atoms with van der Waals surface area (Å²) in [5.74, 6) is -1.66. The van der Waals surface area contributed by atoms with Gasteiger partial charge in [0.1, 0.15) is 11.9 Å². The molecule has 4 rings (SSSR count). The van der Waals surface area contributed by atoms with E-state index in [0.717, 1.165) is 16.5 Å². The first-order valence-corrected chi connectivity index (χ1v) is 10.5. The van der Waals surface area contributed by atoms with E-state index < -0.39 is 24.0 Å². The van der Waals surface area contributed by atoms with Crippen LogP contribution in [0.15, 0.2) is 54.7 Å². The lowest BCUT2D eigenvalue weighted by molar-refractivity contribution is -0.139. The Morgan fingerprint density at radius 1 is 1.13 bits per heavy atom. The van der Waals surface area contributed by atoms with Crippen molar-refractivity contribution < 1.29 is 19.1 Å². The molecular formula is C24H26FN3O3. The molecule has 1 aliphatic heterocycles. The molecule has 0 saturated carbocycles. The lowest BCUT2D eigenvalue weighted by Crippen LogP contribution is -2.51. The summed E-state index contributed by atoms with van der Waals surface area (Å²) in [6.45, 7) is 2.72. The summed E-state index contributed by atoms with van der Waals surface area (Å²) in [5.41, 5.74) is 2.45. The highest BCUT2D eigenvalue weighted by atomic mass is 19.1. The van der Waals surface area contributed by atoms with Gasteiger partial charge < -0.3 is 20.3 Å². The minimum Gasteiger partial charge on any atom is -0.480 e. The number of benzene rings is 2. The van der Waals surface area contributed by atoms with Gasteiger partial charge in [-0.1, -0.05) is 43.3 Å². The van der Waals surface area contributed by atoms with Crippen LogP contribution < -0.4 is 5.32 Å². The van der Waals surface area contributed by atoms with Gasteiger partial charge >= 0.3 is 12.0 Å². The number of nitrogens with zero attached hydrogens (tertiary/aromatic N) is 1. The fourth-order valence-corrected chi connectivity index (χ4v) is 4.47. The zero-order valence-corrected chi connectivity index (χ0v) is 17.3. The maximum Gasteiger partial charge on any atom is 0.326 e. The van der Waals surface area contributed by atoms with E-state index in [4.69, 9.17) is 0 Å². The normalized spacial score (nSPS) is 16.8. The molecule has 1 aromatic heterocycles. The summed E-state index contributed by atoms with van der Waals surface area (Å²) >= 11 is 0. The van der Waals surface area contributed by atoms with Gasteiger partial charge in [0.2, 0.25) is 0 Å². The maximum atomic E-state index is 14.1. The predicted molar refractivity (Wildman–Crippen MR) is 117 cm³/mol. The Morgan fingerprint density at radius 3 is 2.52 bits per heavy atom. The van der Waals surface area contributed by atoms with E-state index in [0.29, 0.717) is 31.5 Å². The number of halogens is 1. The van der Waals surface area contributed by atoms with Gasteiger partial charge in [0.05, 0.1) is 0 Å². The molecule has 1 saturated heterocycles. The van der Waals surface area contributed by atoms with Crippen LogP contribution in [0.5, 0.6) is 0 Å². The number of carbonyl (C=O) groups is 2. The molecule has 2 atom stereocenters. The quantitative estimate of drug-likeness (QED) is 0.567. The zero-order chi connectivity index (χ0) is 22.0. The number of urea groups is 1. The van der Waals surface area contributed by atoms with Crippen LogP contribution in [0, 0.1) is 5.82 Å². The SMILES string of the molecule is C[C@@H](c1c[nH]c2ccccc12)[C@@H](NC(=O)N1CCC(c2ccccc2F)CC1)C(=O)O. The number of rotatable bonds is 5. The second kappa shape index (κ2) is 8.79. The molecule has 0 unspecified atom stereocenters. The van der Waals surface area contributed by atoms with Gasteiger partial charge in [0.15, 0.2) is 0 Å². The van der Waals surface area contributed by atoms with Gasteiger partial charge in [0.25, 0.3) is 0 Å². The number of piperidine rings is 1. The lowest BCUT2D eigenvalue weighted by Gasteiger charge is -2.33. The molecule has 0 aliphatic carbocycles. The molecule has 2 aromatic carbocycles. The van der Waals surface area contributed by atoms with Crippen molar-refractivity contribution in [1.29, 1.82) is 0 Å². The Bertz CT molecular complexity index is 1090. The highest BCUT2D eigenvalue weighted by molar-refractivity contribution is 5.87. The Hall–Kier alpha value is -3.35. The van der Waals surface area contributed by atoms with Crippen molar-refractivity contribution in [2.45, 2.75) is 37.6 Å². The first kappa shape index (κ1) is 20.9. The Balaban J connectivity index is 1.42. The molecule has 0 spiro atoms. The van der Waals surface area contributed by atoms with Gasteiger partial charge in [-0.25, -0.2) is 14.0 Å².